The lowest BCUT2D eigenvalue weighted by atomic mass is 9.84. The molecule has 0 bridgehead atoms. The van der Waals surface area contributed by atoms with Gasteiger partial charge in [-0.15, -0.1) is 0 Å². The lowest BCUT2D eigenvalue weighted by molar-refractivity contribution is 0.878. The van der Waals surface area contributed by atoms with Crippen molar-refractivity contribution in [3.05, 3.63) is 125 Å². The van der Waals surface area contributed by atoms with Crippen LogP contribution in [0.5, 0.6) is 0 Å². The molecule has 37 heavy (non-hydrogen) atoms. The van der Waals surface area contributed by atoms with Crippen molar-refractivity contribution in [2.45, 2.75) is 12.8 Å². The van der Waals surface area contributed by atoms with E-state index in [1.165, 1.54) is 27.6 Å². The van der Waals surface area contributed by atoms with Crippen molar-refractivity contribution in [2.75, 3.05) is 0 Å². The standard InChI is InChI=1S/C34H21N3/c1-21-28-15-22(19-35)14-27(20-36)33(28)37-32-13-12-25(23-8-4-2-5-9-23)16-30(32)31-18-26(17-29(21)34(31)37)24-10-6-3-7-11-24/h2-18,21H,1H3. The second-order valence-corrected chi connectivity index (χ2v) is 9.67. The summed E-state index contributed by atoms with van der Waals surface area (Å²) in [6.07, 6.45) is 0. The van der Waals surface area contributed by atoms with Gasteiger partial charge in [0.05, 0.1) is 33.9 Å². The molecule has 1 aliphatic heterocycles. The van der Waals surface area contributed by atoms with Crippen molar-refractivity contribution in [3.8, 4) is 40.1 Å². The summed E-state index contributed by atoms with van der Waals surface area (Å²) in [5.74, 6) is 0.0342. The highest BCUT2D eigenvalue weighted by Crippen LogP contribution is 2.48. The maximum absolute atomic E-state index is 10.1. The fourth-order valence-corrected chi connectivity index (χ4v) is 5.90. The van der Waals surface area contributed by atoms with Gasteiger partial charge in [-0.1, -0.05) is 73.7 Å². The highest BCUT2D eigenvalue weighted by molar-refractivity contribution is 6.13. The third-order valence-corrected chi connectivity index (χ3v) is 7.65. The minimum Gasteiger partial charge on any atom is -0.307 e. The summed E-state index contributed by atoms with van der Waals surface area (Å²) in [4.78, 5) is 0. The number of nitrogens with zero attached hydrogens (tertiary/aromatic N) is 3. The van der Waals surface area contributed by atoms with Crippen molar-refractivity contribution < 1.29 is 0 Å². The van der Waals surface area contributed by atoms with Crippen LogP contribution < -0.4 is 0 Å². The number of hydrogen-bond acceptors (Lipinski definition) is 2. The molecule has 0 aliphatic carbocycles. The molecule has 0 spiro atoms. The number of aromatic nitrogens is 1. The van der Waals surface area contributed by atoms with Gasteiger partial charge in [0.1, 0.15) is 6.07 Å². The van der Waals surface area contributed by atoms with Crippen LogP contribution in [0.4, 0.5) is 0 Å². The molecule has 1 aliphatic rings. The predicted molar refractivity (Wildman–Crippen MR) is 149 cm³/mol. The fourth-order valence-electron chi connectivity index (χ4n) is 5.90. The zero-order valence-corrected chi connectivity index (χ0v) is 20.2. The van der Waals surface area contributed by atoms with Gasteiger partial charge in [0, 0.05) is 16.7 Å². The van der Waals surface area contributed by atoms with Crippen LogP contribution in [0.3, 0.4) is 0 Å². The van der Waals surface area contributed by atoms with E-state index < -0.39 is 0 Å². The molecule has 5 aromatic carbocycles. The van der Waals surface area contributed by atoms with Crippen LogP contribution in [-0.4, -0.2) is 4.57 Å². The number of benzene rings is 5. The van der Waals surface area contributed by atoms with Crippen LogP contribution in [-0.2, 0) is 0 Å². The summed E-state index contributed by atoms with van der Waals surface area (Å²) in [7, 11) is 0. The van der Waals surface area contributed by atoms with E-state index in [1.54, 1.807) is 6.07 Å². The quantitative estimate of drug-likeness (QED) is 0.255. The lowest BCUT2D eigenvalue weighted by Gasteiger charge is -2.27. The van der Waals surface area contributed by atoms with E-state index >= 15 is 0 Å². The molecule has 172 valence electrons. The second-order valence-electron chi connectivity index (χ2n) is 9.67. The van der Waals surface area contributed by atoms with Gasteiger partial charge in [0.2, 0.25) is 0 Å². The first-order valence-electron chi connectivity index (χ1n) is 12.4. The van der Waals surface area contributed by atoms with Crippen LogP contribution in [0.25, 0.3) is 49.7 Å². The van der Waals surface area contributed by atoms with Gasteiger partial charge in [-0.3, -0.25) is 0 Å². The normalized spacial score (nSPS) is 13.8. The van der Waals surface area contributed by atoms with E-state index in [0.717, 1.165) is 33.2 Å². The average molecular weight is 472 g/mol. The molecule has 6 aromatic rings. The predicted octanol–water partition coefficient (Wildman–Crippen LogP) is 8.33. The summed E-state index contributed by atoms with van der Waals surface area (Å²) in [6.45, 7) is 2.18. The minimum atomic E-state index is 0.0342. The molecule has 0 fully saturated rings. The molecule has 0 saturated carbocycles. The fraction of sp³-hybridized carbons (Fsp3) is 0.0588. The minimum absolute atomic E-state index is 0.0342. The van der Waals surface area contributed by atoms with E-state index in [-0.39, 0.29) is 5.92 Å². The Morgan fingerprint density at radius 2 is 1.30 bits per heavy atom. The van der Waals surface area contributed by atoms with E-state index in [0.29, 0.717) is 11.1 Å². The summed E-state index contributed by atoms with van der Waals surface area (Å²) in [6, 6.07) is 40.4. The van der Waals surface area contributed by atoms with Crippen molar-refractivity contribution in [2.24, 2.45) is 0 Å². The average Bonchev–Trinajstić information content (AvgIpc) is 3.29. The Bertz CT molecular complexity index is 1950. The van der Waals surface area contributed by atoms with Crippen molar-refractivity contribution in [1.29, 1.82) is 10.5 Å². The number of nitriles is 2. The number of rotatable bonds is 2. The van der Waals surface area contributed by atoms with E-state index in [1.807, 2.05) is 18.2 Å². The molecule has 1 atom stereocenters. The van der Waals surface area contributed by atoms with Crippen molar-refractivity contribution in [3.63, 3.8) is 0 Å². The van der Waals surface area contributed by atoms with Gasteiger partial charge < -0.3 is 4.57 Å². The summed E-state index contributed by atoms with van der Waals surface area (Å²) >= 11 is 0. The largest absolute Gasteiger partial charge is 0.307 e. The zero-order valence-electron chi connectivity index (χ0n) is 20.2. The molecule has 1 unspecified atom stereocenters. The molecule has 0 N–H and O–H groups in total. The number of fused-ring (bicyclic) bond motifs is 5. The third kappa shape index (κ3) is 3.05. The van der Waals surface area contributed by atoms with Gasteiger partial charge in [0.15, 0.2) is 0 Å². The molecule has 0 amide bonds. The maximum atomic E-state index is 10.1. The molecule has 2 heterocycles. The molecule has 3 nitrogen and oxygen atoms in total. The molecule has 7 rings (SSSR count). The monoisotopic (exact) mass is 471 g/mol. The Hall–Kier alpha value is -5.12. The van der Waals surface area contributed by atoms with E-state index in [9.17, 15) is 10.5 Å². The molecule has 0 radical (unpaired) electrons. The molecule has 1 aromatic heterocycles. The molecular formula is C34H21N3. The molecular weight excluding hydrogens is 450 g/mol. The van der Waals surface area contributed by atoms with Gasteiger partial charge in [-0.25, -0.2) is 0 Å². The summed E-state index contributed by atoms with van der Waals surface area (Å²) in [5.41, 5.74) is 11.0. The first kappa shape index (κ1) is 21.2. The van der Waals surface area contributed by atoms with Gasteiger partial charge in [-0.05, 0) is 69.8 Å². The molecule has 3 heteroatoms. The van der Waals surface area contributed by atoms with E-state index in [4.69, 9.17) is 0 Å². The Morgan fingerprint density at radius 1 is 0.622 bits per heavy atom. The van der Waals surface area contributed by atoms with Crippen LogP contribution in [0.2, 0.25) is 0 Å². The lowest BCUT2D eigenvalue weighted by Crippen LogP contribution is -2.14. The Kier molecular flexibility index (Phi) is 4.55. The Balaban J connectivity index is 1.65. The second kappa shape index (κ2) is 7.95. The van der Waals surface area contributed by atoms with Crippen LogP contribution in [0.1, 0.15) is 35.1 Å². The van der Waals surface area contributed by atoms with E-state index in [2.05, 4.69) is 102 Å². The Morgan fingerprint density at radius 3 is 1.97 bits per heavy atom. The maximum Gasteiger partial charge on any atom is 0.101 e. The highest BCUT2D eigenvalue weighted by atomic mass is 15.0. The molecule has 0 saturated heterocycles. The van der Waals surface area contributed by atoms with Crippen LogP contribution >= 0.6 is 0 Å². The van der Waals surface area contributed by atoms with Gasteiger partial charge in [0.25, 0.3) is 0 Å². The smallest absolute Gasteiger partial charge is 0.101 e. The van der Waals surface area contributed by atoms with Crippen molar-refractivity contribution in [1.82, 2.24) is 4.57 Å². The van der Waals surface area contributed by atoms with Crippen molar-refractivity contribution >= 4 is 21.8 Å². The van der Waals surface area contributed by atoms with Gasteiger partial charge >= 0.3 is 0 Å². The summed E-state index contributed by atoms with van der Waals surface area (Å²) in [5, 5.41) is 22.1. The van der Waals surface area contributed by atoms with Crippen LogP contribution in [0, 0.1) is 22.7 Å². The zero-order chi connectivity index (χ0) is 25.1. The third-order valence-electron chi connectivity index (χ3n) is 7.65. The van der Waals surface area contributed by atoms with Gasteiger partial charge in [-0.2, -0.15) is 10.5 Å². The first-order chi connectivity index (χ1) is 18.2. The first-order valence-corrected chi connectivity index (χ1v) is 12.4. The highest BCUT2D eigenvalue weighted by Gasteiger charge is 2.30. The number of hydrogen-bond donors (Lipinski definition) is 0. The SMILES string of the molecule is CC1c2cc(C#N)cc(C#N)c2-n2c3ccc(-c4ccccc4)cc3c3cc(-c4ccccc4)cc1c32. The summed E-state index contributed by atoms with van der Waals surface area (Å²) < 4.78 is 2.25. The topological polar surface area (TPSA) is 52.5 Å². The van der Waals surface area contributed by atoms with Crippen LogP contribution in [0.15, 0.2) is 103 Å². The Labute approximate surface area is 215 Å².